The zero-order valence-electron chi connectivity index (χ0n) is 19.3. The predicted molar refractivity (Wildman–Crippen MR) is 133 cm³/mol. The van der Waals surface area contributed by atoms with Gasteiger partial charge in [-0.15, -0.1) is 0 Å². The van der Waals surface area contributed by atoms with Gasteiger partial charge in [0.05, 0.1) is 5.69 Å². The number of carbonyl (C=O) groups excluding carboxylic acids is 1. The number of hydrogen-bond donors (Lipinski definition) is 1. The van der Waals surface area contributed by atoms with Crippen molar-refractivity contribution in [1.82, 2.24) is 19.9 Å². The summed E-state index contributed by atoms with van der Waals surface area (Å²) in [7, 11) is 0. The van der Waals surface area contributed by atoms with E-state index < -0.39 is 0 Å². The number of anilines is 1. The maximum Gasteiger partial charge on any atom is 0.223 e. The molecule has 5 rings (SSSR count). The summed E-state index contributed by atoms with van der Waals surface area (Å²) < 4.78 is 1.93. The minimum atomic E-state index is 0.102. The number of hydrogen-bond acceptors (Lipinski definition) is 4. The number of fused-ring (bicyclic) bond motifs is 1. The molecule has 2 fully saturated rings. The molecular formula is C26H32ClN5O. The minimum Gasteiger partial charge on any atom is -0.356 e. The van der Waals surface area contributed by atoms with Crippen molar-refractivity contribution in [3.05, 3.63) is 47.1 Å². The topological polar surface area (TPSA) is 62.5 Å². The molecule has 1 saturated heterocycles. The third-order valence-electron chi connectivity index (χ3n) is 7.07. The first-order valence-corrected chi connectivity index (χ1v) is 12.6. The van der Waals surface area contributed by atoms with Gasteiger partial charge in [-0.2, -0.15) is 9.61 Å². The number of aryl methyl sites for hydroxylation is 1. The molecule has 1 aliphatic carbocycles. The molecule has 0 bridgehead atoms. The molecule has 7 heteroatoms. The Morgan fingerprint density at radius 1 is 1.00 bits per heavy atom. The van der Waals surface area contributed by atoms with Crippen LogP contribution in [0.4, 0.5) is 5.82 Å². The summed E-state index contributed by atoms with van der Waals surface area (Å²) in [6.07, 6.45) is 9.09. The standard InChI is InChI=1S/C26H32ClN5O/c1-18-16-25(32-24(28-18)17-23(30-32)19-8-10-21(27)11-9-19)31-14-12-20(13-15-31)26(33)29-22-6-4-2-3-5-7-22/h8-11,16-17,20,22H,2-7,12-15H2,1H3,(H,29,33). The van der Waals surface area contributed by atoms with E-state index in [2.05, 4.69) is 16.3 Å². The van der Waals surface area contributed by atoms with Crippen LogP contribution in [-0.2, 0) is 4.79 Å². The highest BCUT2D eigenvalue weighted by Crippen LogP contribution is 2.28. The Labute approximate surface area is 200 Å². The molecule has 0 radical (unpaired) electrons. The van der Waals surface area contributed by atoms with Crippen LogP contribution in [0.1, 0.15) is 57.1 Å². The number of piperidine rings is 1. The summed E-state index contributed by atoms with van der Waals surface area (Å²) in [4.78, 5) is 19.9. The average molecular weight is 466 g/mol. The van der Waals surface area contributed by atoms with Crippen LogP contribution in [-0.4, -0.2) is 39.6 Å². The highest BCUT2D eigenvalue weighted by atomic mass is 35.5. The molecule has 33 heavy (non-hydrogen) atoms. The van der Waals surface area contributed by atoms with Crippen LogP contribution in [0.3, 0.4) is 0 Å². The fourth-order valence-corrected chi connectivity index (χ4v) is 5.31. The Bertz CT molecular complexity index is 1110. The minimum absolute atomic E-state index is 0.102. The lowest BCUT2D eigenvalue weighted by Gasteiger charge is -2.33. The van der Waals surface area contributed by atoms with Gasteiger partial charge in [-0.1, -0.05) is 49.4 Å². The van der Waals surface area contributed by atoms with E-state index in [0.29, 0.717) is 11.1 Å². The van der Waals surface area contributed by atoms with Crippen molar-refractivity contribution in [2.75, 3.05) is 18.0 Å². The highest BCUT2D eigenvalue weighted by Gasteiger charge is 2.28. The lowest BCUT2D eigenvalue weighted by Crippen LogP contribution is -2.44. The van der Waals surface area contributed by atoms with Gasteiger partial charge < -0.3 is 10.2 Å². The molecule has 1 saturated carbocycles. The Kier molecular flexibility index (Phi) is 6.54. The SMILES string of the molecule is Cc1cc(N2CCC(C(=O)NC3CCCCCC3)CC2)n2nc(-c3ccc(Cl)cc3)cc2n1. The van der Waals surface area contributed by atoms with Crippen molar-refractivity contribution in [2.24, 2.45) is 5.92 Å². The second-order valence-electron chi connectivity index (χ2n) is 9.52. The summed E-state index contributed by atoms with van der Waals surface area (Å²) >= 11 is 6.05. The maximum absolute atomic E-state index is 12.9. The number of benzene rings is 1. The normalized spacial score (nSPS) is 18.4. The number of rotatable bonds is 4. The van der Waals surface area contributed by atoms with Crippen molar-refractivity contribution in [2.45, 2.75) is 64.3 Å². The van der Waals surface area contributed by atoms with E-state index in [1.165, 1.54) is 25.7 Å². The molecule has 3 heterocycles. The molecule has 1 aromatic carbocycles. The van der Waals surface area contributed by atoms with Gasteiger partial charge in [-0.05, 0) is 44.7 Å². The quantitative estimate of drug-likeness (QED) is 0.523. The van der Waals surface area contributed by atoms with Crippen molar-refractivity contribution in [3.63, 3.8) is 0 Å². The van der Waals surface area contributed by atoms with Crippen LogP contribution in [0, 0.1) is 12.8 Å². The van der Waals surface area contributed by atoms with Crippen molar-refractivity contribution in [3.8, 4) is 11.3 Å². The molecule has 2 aliphatic rings. The van der Waals surface area contributed by atoms with E-state index in [1.54, 1.807) is 0 Å². The first-order chi connectivity index (χ1) is 16.1. The second-order valence-corrected chi connectivity index (χ2v) is 9.96. The van der Waals surface area contributed by atoms with E-state index in [9.17, 15) is 4.79 Å². The van der Waals surface area contributed by atoms with E-state index in [4.69, 9.17) is 21.7 Å². The molecule has 6 nitrogen and oxygen atoms in total. The molecule has 2 aromatic heterocycles. The lowest BCUT2D eigenvalue weighted by atomic mass is 9.95. The molecular weight excluding hydrogens is 434 g/mol. The molecule has 0 unspecified atom stereocenters. The monoisotopic (exact) mass is 465 g/mol. The number of nitrogens with one attached hydrogen (secondary N) is 1. The van der Waals surface area contributed by atoms with E-state index in [-0.39, 0.29) is 11.8 Å². The summed E-state index contributed by atoms with van der Waals surface area (Å²) in [5.74, 6) is 1.40. The highest BCUT2D eigenvalue weighted by molar-refractivity contribution is 6.30. The lowest BCUT2D eigenvalue weighted by molar-refractivity contribution is -0.126. The fraction of sp³-hybridized carbons (Fsp3) is 0.500. The van der Waals surface area contributed by atoms with E-state index in [0.717, 1.165) is 67.2 Å². The zero-order valence-corrected chi connectivity index (χ0v) is 20.0. The molecule has 0 spiro atoms. The van der Waals surface area contributed by atoms with Gasteiger partial charge in [-0.25, -0.2) is 4.98 Å². The van der Waals surface area contributed by atoms with Gasteiger partial charge in [-0.3, -0.25) is 4.79 Å². The number of halogens is 1. The predicted octanol–water partition coefficient (Wildman–Crippen LogP) is 5.41. The van der Waals surface area contributed by atoms with Crippen LogP contribution in [0.2, 0.25) is 5.02 Å². The molecule has 3 aromatic rings. The Balaban J connectivity index is 1.29. The Morgan fingerprint density at radius 3 is 2.39 bits per heavy atom. The van der Waals surface area contributed by atoms with Gasteiger partial charge in [0.15, 0.2) is 5.65 Å². The second kappa shape index (κ2) is 9.72. The smallest absolute Gasteiger partial charge is 0.223 e. The summed E-state index contributed by atoms with van der Waals surface area (Å²) in [6, 6.07) is 12.2. The third kappa shape index (κ3) is 5.01. The summed E-state index contributed by atoms with van der Waals surface area (Å²) in [6.45, 7) is 3.71. The number of amides is 1. The first kappa shape index (κ1) is 22.2. The van der Waals surface area contributed by atoms with E-state index >= 15 is 0 Å². The van der Waals surface area contributed by atoms with Crippen molar-refractivity contribution >= 4 is 29.0 Å². The molecule has 1 amide bonds. The molecule has 1 aliphatic heterocycles. The van der Waals surface area contributed by atoms with Gasteiger partial charge >= 0.3 is 0 Å². The third-order valence-corrected chi connectivity index (χ3v) is 7.32. The van der Waals surface area contributed by atoms with Crippen LogP contribution in [0.15, 0.2) is 36.4 Å². The average Bonchev–Trinajstić information content (AvgIpc) is 3.07. The van der Waals surface area contributed by atoms with Crippen molar-refractivity contribution < 1.29 is 4.79 Å². The van der Waals surface area contributed by atoms with Crippen molar-refractivity contribution in [1.29, 1.82) is 0 Å². The number of carbonyl (C=O) groups is 1. The number of aromatic nitrogens is 3. The van der Waals surface area contributed by atoms with E-state index in [1.807, 2.05) is 41.8 Å². The molecule has 1 N–H and O–H groups in total. The molecule has 174 valence electrons. The van der Waals surface area contributed by atoms with Gasteiger partial charge in [0.25, 0.3) is 0 Å². The van der Waals surface area contributed by atoms with Crippen LogP contribution < -0.4 is 10.2 Å². The summed E-state index contributed by atoms with van der Waals surface area (Å²) in [5.41, 5.74) is 3.70. The Morgan fingerprint density at radius 2 is 1.70 bits per heavy atom. The Hall–Kier alpha value is -2.60. The first-order valence-electron chi connectivity index (χ1n) is 12.3. The van der Waals surface area contributed by atoms with Gasteiger partial charge in [0, 0.05) is 53.5 Å². The molecule has 0 atom stereocenters. The maximum atomic E-state index is 12.9. The summed E-state index contributed by atoms with van der Waals surface area (Å²) in [5, 5.41) is 8.92. The van der Waals surface area contributed by atoms with Gasteiger partial charge in [0.1, 0.15) is 5.82 Å². The fourth-order valence-electron chi connectivity index (χ4n) is 5.18. The van der Waals surface area contributed by atoms with Gasteiger partial charge in [0.2, 0.25) is 5.91 Å². The number of nitrogens with zero attached hydrogens (tertiary/aromatic N) is 4. The van der Waals surface area contributed by atoms with Crippen LogP contribution >= 0.6 is 11.6 Å². The van der Waals surface area contributed by atoms with Crippen LogP contribution in [0.5, 0.6) is 0 Å². The van der Waals surface area contributed by atoms with Crippen LogP contribution in [0.25, 0.3) is 16.9 Å². The largest absolute Gasteiger partial charge is 0.356 e. The zero-order chi connectivity index (χ0) is 22.8.